The van der Waals surface area contributed by atoms with Gasteiger partial charge in [0.2, 0.25) is 0 Å². The van der Waals surface area contributed by atoms with Crippen LogP contribution in [0.3, 0.4) is 0 Å². The average molecular weight is 292 g/mol. The van der Waals surface area contributed by atoms with Crippen molar-refractivity contribution in [3.63, 3.8) is 0 Å². The zero-order valence-corrected chi connectivity index (χ0v) is 11.1. The molecule has 0 spiro atoms. The van der Waals surface area contributed by atoms with Gasteiger partial charge in [-0.25, -0.2) is 4.98 Å². The second kappa shape index (κ2) is 4.80. The molecule has 2 heterocycles. The van der Waals surface area contributed by atoms with E-state index in [1.807, 2.05) is 6.07 Å². The smallest absolute Gasteiger partial charge is 0.416 e. The Balaban J connectivity index is 2.04. The summed E-state index contributed by atoms with van der Waals surface area (Å²) < 4.78 is 44.6. The standard InChI is InChI=1S/C15H11F3N2O/c1-21-13-3-2-8-20-9-12(19-14(13)20)10-4-6-11(7-5-10)15(16,17)18/h2-9H,1H3. The number of aromatic nitrogens is 2. The molecule has 0 fully saturated rings. The third kappa shape index (κ3) is 2.44. The van der Waals surface area contributed by atoms with E-state index in [0.717, 1.165) is 12.1 Å². The lowest BCUT2D eigenvalue weighted by Crippen LogP contribution is -2.03. The number of hydrogen-bond acceptors (Lipinski definition) is 2. The van der Waals surface area contributed by atoms with Gasteiger partial charge in [-0.3, -0.25) is 0 Å². The van der Waals surface area contributed by atoms with Gasteiger partial charge in [0, 0.05) is 18.0 Å². The summed E-state index contributed by atoms with van der Waals surface area (Å²) in [6, 6.07) is 8.52. The Kier molecular flexibility index (Phi) is 3.08. The number of pyridine rings is 1. The zero-order valence-electron chi connectivity index (χ0n) is 11.1. The molecule has 0 aliphatic rings. The van der Waals surface area contributed by atoms with E-state index in [1.165, 1.54) is 12.1 Å². The summed E-state index contributed by atoms with van der Waals surface area (Å²) in [5.41, 5.74) is 1.16. The van der Waals surface area contributed by atoms with Crippen LogP contribution in [0.1, 0.15) is 5.56 Å². The highest BCUT2D eigenvalue weighted by molar-refractivity contribution is 5.66. The maximum Gasteiger partial charge on any atom is 0.416 e. The normalized spacial score (nSPS) is 11.8. The van der Waals surface area contributed by atoms with E-state index in [1.54, 1.807) is 30.0 Å². The van der Waals surface area contributed by atoms with Crippen LogP contribution in [-0.4, -0.2) is 16.5 Å². The van der Waals surface area contributed by atoms with E-state index >= 15 is 0 Å². The molecule has 0 saturated heterocycles. The van der Waals surface area contributed by atoms with E-state index < -0.39 is 11.7 Å². The minimum absolute atomic E-state index is 0.591. The first kappa shape index (κ1) is 13.5. The van der Waals surface area contributed by atoms with Crippen molar-refractivity contribution >= 4 is 5.65 Å². The minimum Gasteiger partial charge on any atom is -0.493 e. The van der Waals surface area contributed by atoms with Crippen molar-refractivity contribution in [3.05, 3.63) is 54.4 Å². The number of methoxy groups -OCH3 is 1. The fraction of sp³-hybridized carbons (Fsp3) is 0.133. The number of fused-ring (bicyclic) bond motifs is 1. The Labute approximate surface area is 118 Å². The molecule has 21 heavy (non-hydrogen) atoms. The molecule has 6 heteroatoms. The van der Waals surface area contributed by atoms with Crippen molar-refractivity contribution in [2.75, 3.05) is 7.11 Å². The number of hydrogen-bond donors (Lipinski definition) is 0. The Hall–Kier alpha value is -2.50. The molecule has 0 unspecified atom stereocenters. The summed E-state index contributed by atoms with van der Waals surface area (Å²) in [6.07, 6.45) is -0.778. The number of halogens is 3. The van der Waals surface area contributed by atoms with Crippen molar-refractivity contribution < 1.29 is 17.9 Å². The van der Waals surface area contributed by atoms with E-state index in [9.17, 15) is 13.2 Å². The fourth-order valence-corrected chi connectivity index (χ4v) is 2.12. The summed E-state index contributed by atoms with van der Waals surface area (Å²) in [7, 11) is 1.54. The van der Waals surface area contributed by atoms with Crippen molar-refractivity contribution in [2.45, 2.75) is 6.18 Å². The van der Waals surface area contributed by atoms with Crippen LogP contribution in [0.2, 0.25) is 0 Å². The van der Waals surface area contributed by atoms with Gasteiger partial charge in [-0.05, 0) is 24.3 Å². The van der Waals surface area contributed by atoms with Crippen LogP contribution in [0.25, 0.3) is 16.9 Å². The third-order valence-corrected chi connectivity index (χ3v) is 3.17. The molecule has 0 amide bonds. The lowest BCUT2D eigenvalue weighted by atomic mass is 10.1. The molecule has 1 aromatic carbocycles. The molecule has 3 aromatic rings. The maximum absolute atomic E-state index is 12.6. The van der Waals surface area contributed by atoms with Crippen LogP contribution < -0.4 is 4.74 Å². The van der Waals surface area contributed by atoms with Gasteiger partial charge in [-0.1, -0.05) is 12.1 Å². The summed E-state index contributed by atoms with van der Waals surface area (Å²) in [4.78, 5) is 4.40. The van der Waals surface area contributed by atoms with Gasteiger partial charge in [-0.15, -0.1) is 0 Å². The van der Waals surface area contributed by atoms with Gasteiger partial charge in [0.15, 0.2) is 11.4 Å². The zero-order chi connectivity index (χ0) is 15.0. The van der Waals surface area contributed by atoms with Crippen LogP contribution in [-0.2, 0) is 6.18 Å². The molecule has 2 aromatic heterocycles. The summed E-state index contributed by atoms with van der Waals surface area (Å²) in [5, 5.41) is 0. The summed E-state index contributed by atoms with van der Waals surface area (Å²) >= 11 is 0. The quantitative estimate of drug-likeness (QED) is 0.713. The lowest BCUT2D eigenvalue weighted by molar-refractivity contribution is -0.137. The lowest BCUT2D eigenvalue weighted by Gasteiger charge is -2.06. The monoisotopic (exact) mass is 292 g/mol. The number of imidazole rings is 1. The van der Waals surface area contributed by atoms with Crippen LogP contribution >= 0.6 is 0 Å². The number of alkyl halides is 3. The highest BCUT2D eigenvalue weighted by Gasteiger charge is 2.30. The Morgan fingerprint density at radius 3 is 2.43 bits per heavy atom. The van der Waals surface area contributed by atoms with E-state index in [-0.39, 0.29) is 0 Å². The minimum atomic E-state index is -4.33. The molecule has 3 rings (SSSR count). The Morgan fingerprint density at radius 2 is 1.81 bits per heavy atom. The van der Waals surface area contributed by atoms with Gasteiger partial charge < -0.3 is 9.14 Å². The second-order valence-electron chi connectivity index (χ2n) is 4.51. The van der Waals surface area contributed by atoms with Crippen LogP contribution in [0.15, 0.2) is 48.8 Å². The van der Waals surface area contributed by atoms with Crippen molar-refractivity contribution in [3.8, 4) is 17.0 Å². The number of rotatable bonds is 2. The molecule has 0 bridgehead atoms. The van der Waals surface area contributed by atoms with Crippen molar-refractivity contribution in [1.82, 2.24) is 9.38 Å². The van der Waals surface area contributed by atoms with E-state index in [4.69, 9.17) is 4.74 Å². The highest BCUT2D eigenvalue weighted by Crippen LogP contribution is 2.31. The third-order valence-electron chi connectivity index (χ3n) is 3.17. The maximum atomic E-state index is 12.6. The van der Waals surface area contributed by atoms with Gasteiger partial charge in [0.25, 0.3) is 0 Å². The molecular weight excluding hydrogens is 281 g/mol. The van der Waals surface area contributed by atoms with Gasteiger partial charge in [-0.2, -0.15) is 13.2 Å². The number of ether oxygens (including phenoxy) is 1. The van der Waals surface area contributed by atoms with E-state index in [2.05, 4.69) is 4.98 Å². The Bertz CT molecular complexity index is 776. The molecule has 0 N–H and O–H groups in total. The summed E-state index contributed by atoms with van der Waals surface area (Å²) in [5.74, 6) is 0.607. The first-order valence-electron chi connectivity index (χ1n) is 6.18. The van der Waals surface area contributed by atoms with Gasteiger partial charge in [0.1, 0.15) is 0 Å². The van der Waals surface area contributed by atoms with Gasteiger partial charge >= 0.3 is 6.18 Å². The molecule has 0 aliphatic carbocycles. The molecule has 0 saturated carbocycles. The van der Waals surface area contributed by atoms with Crippen molar-refractivity contribution in [1.29, 1.82) is 0 Å². The topological polar surface area (TPSA) is 26.5 Å². The Morgan fingerprint density at radius 1 is 1.10 bits per heavy atom. The largest absolute Gasteiger partial charge is 0.493 e. The fourth-order valence-electron chi connectivity index (χ4n) is 2.12. The molecule has 0 radical (unpaired) electrons. The molecule has 108 valence electrons. The highest BCUT2D eigenvalue weighted by atomic mass is 19.4. The van der Waals surface area contributed by atoms with Crippen LogP contribution in [0, 0.1) is 0 Å². The number of nitrogens with zero attached hydrogens (tertiary/aromatic N) is 2. The first-order chi connectivity index (χ1) is 9.99. The SMILES string of the molecule is COc1cccn2cc(-c3ccc(C(F)(F)F)cc3)nc12. The molecule has 0 aliphatic heterocycles. The summed E-state index contributed by atoms with van der Waals surface area (Å²) in [6.45, 7) is 0. The molecule has 3 nitrogen and oxygen atoms in total. The average Bonchev–Trinajstić information content (AvgIpc) is 2.90. The van der Waals surface area contributed by atoms with Crippen molar-refractivity contribution in [2.24, 2.45) is 0 Å². The molecular formula is C15H11F3N2O. The number of benzene rings is 1. The van der Waals surface area contributed by atoms with Crippen LogP contribution in [0.5, 0.6) is 5.75 Å². The second-order valence-corrected chi connectivity index (χ2v) is 4.51. The van der Waals surface area contributed by atoms with Crippen LogP contribution in [0.4, 0.5) is 13.2 Å². The predicted molar refractivity (Wildman–Crippen MR) is 72.2 cm³/mol. The first-order valence-corrected chi connectivity index (χ1v) is 6.18. The predicted octanol–water partition coefficient (Wildman–Crippen LogP) is 4.03. The van der Waals surface area contributed by atoms with E-state index in [0.29, 0.717) is 22.7 Å². The van der Waals surface area contributed by atoms with Gasteiger partial charge in [0.05, 0.1) is 18.4 Å². The molecule has 0 atom stereocenters.